The quantitative estimate of drug-likeness (QED) is 0.720. The zero-order valence-electron chi connectivity index (χ0n) is 10.2. The molecule has 1 aromatic carbocycles. The van der Waals surface area contributed by atoms with E-state index in [1.54, 1.807) is 14.2 Å². The minimum atomic E-state index is 0.634. The lowest BCUT2D eigenvalue weighted by molar-refractivity contribution is 0.184. The third-order valence-electron chi connectivity index (χ3n) is 2.61. The smallest absolute Gasteiger partial charge is 0.119 e. The maximum absolute atomic E-state index is 5.49. The maximum atomic E-state index is 5.49. The molecule has 0 amide bonds. The molecule has 0 saturated heterocycles. The zero-order valence-corrected chi connectivity index (χ0v) is 10.2. The zero-order chi connectivity index (χ0) is 11.8. The van der Waals surface area contributed by atoms with Crippen molar-refractivity contribution in [2.24, 2.45) is 5.73 Å². The van der Waals surface area contributed by atoms with Crippen LogP contribution in [0.1, 0.15) is 24.0 Å². The fourth-order valence-corrected chi connectivity index (χ4v) is 1.72. The number of unbranched alkanes of at least 4 members (excludes halogenated alkanes) is 1. The molecule has 0 radical (unpaired) electrons. The van der Waals surface area contributed by atoms with Crippen molar-refractivity contribution in [3.63, 3.8) is 0 Å². The second-order valence-corrected chi connectivity index (χ2v) is 3.81. The highest BCUT2D eigenvalue weighted by atomic mass is 16.5. The molecule has 0 unspecified atom stereocenters. The summed E-state index contributed by atoms with van der Waals surface area (Å²) in [7, 11) is 3.39. The normalized spacial score (nSPS) is 10.4. The van der Waals surface area contributed by atoms with Gasteiger partial charge in [-0.3, -0.25) is 0 Å². The maximum Gasteiger partial charge on any atom is 0.119 e. The SMILES string of the molecule is COCc1cc(OC)ccc1CCCCN. The molecule has 0 atom stereocenters. The van der Waals surface area contributed by atoms with Gasteiger partial charge in [-0.2, -0.15) is 0 Å². The van der Waals surface area contributed by atoms with E-state index in [2.05, 4.69) is 6.07 Å². The van der Waals surface area contributed by atoms with Crippen molar-refractivity contribution in [1.29, 1.82) is 0 Å². The monoisotopic (exact) mass is 223 g/mol. The van der Waals surface area contributed by atoms with E-state index in [-0.39, 0.29) is 0 Å². The van der Waals surface area contributed by atoms with Gasteiger partial charge >= 0.3 is 0 Å². The highest BCUT2D eigenvalue weighted by molar-refractivity contribution is 5.35. The van der Waals surface area contributed by atoms with Crippen LogP contribution in [0.25, 0.3) is 0 Å². The summed E-state index contributed by atoms with van der Waals surface area (Å²) in [5.74, 6) is 0.884. The van der Waals surface area contributed by atoms with E-state index < -0.39 is 0 Å². The Labute approximate surface area is 97.6 Å². The summed E-state index contributed by atoms with van der Waals surface area (Å²) in [6.45, 7) is 1.39. The molecule has 0 spiro atoms. The van der Waals surface area contributed by atoms with E-state index in [0.29, 0.717) is 6.61 Å². The molecule has 2 N–H and O–H groups in total. The average molecular weight is 223 g/mol. The van der Waals surface area contributed by atoms with Crippen LogP contribution < -0.4 is 10.5 Å². The fourth-order valence-electron chi connectivity index (χ4n) is 1.72. The van der Waals surface area contributed by atoms with Gasteiger partial charge in [-0.1, -0.05) is 6.07 Å². The van der Waals surface area contributed by atoms with Crippen molar-refractivity contribution >= 4 is 0 Å². The summed E-state index contributed by atoms with van der Waals surface area (Å²) in [4.78, 5) is 0. The molecule has 0 saturated carbocycles. The van der Waals surface area contributed by atoms with E-state index in [1.165, 1.54) is 11.1 Å². The van der Waals surface area contributed by atoms with Gasteiger partial charge in [0.1, 0.15) is 5.75 Å². The Kier molecular flexibility index (Phi) is 5.90. The van der Waals surface area contributed by atoms with Gasteiger partial charge in [0.15, 0.2) is 0 Å². The van der Waals surface area contributed by atoms with Crippen molar-refractivity contribution in [3.8, 4) is 5.75 Å². The summed E-state index contributed by atoms with van der Waals surface area (Å²) in [5, 5.41) is 0. The van der Waals surface area contributed by atoms with Crippen LogP contribution in [0.2, 0.25) is 0 Å². The largest absolute Gasteiger partial charge is 0.497 e. The minimum absolute atomic E-state index is 0.634. The molecular weight excluding hydrogens is 202 g/mol. The summed E-state index contributed by atoms with van der Waals surface area (Å²) in [6, 6.07) is 6.15. The van der Waals surface area contributed by atoms with Gasteiger partial charge in [-0.15, -0.1) is 0 Å². The van der Waals surface area contributed by atoms with E-state index >= 15 is 0 Å². The van der Waals surface area contributed by atoms with Crippen LogP contribution in [-0.4, -0.2) is 20.8 Å². The second kappa shape index (κ2) is 7.25. The molecule has 1 rings (SSSR count). The Morgan fingerprint density at radius 2 is 1.94 bits per heavy atom. The third kappa shape index (κ3) is 3.83. The first-order valence-electron chi connectivity index (χ1n) is 5.66. The highest BCUT2D eigenvalue weighted by Gasteiger charge is 2.04. The number of nitrogens with two attached hydrogens (primary N) is 1. The molecule has 3 heteroatoms. The van der Waals surface area contributed by atoms with Crippen molar-refractivity contribution in [1.82, 2.24) is 0 Å². The molecule has 0 aromatic heterocycles. The highest BCUT2D eigenvalue weighted by Crippen LogP contribution is 2.20. The molecular formula is C13H21NO2. The van der Waals surface area contributed by atoms with E-state index in [0.717, 1.165) is 31.6 Å². The Hall–Kier alpha value is -1.06. The van der Waals surface area contributed by atoms with Crippen LogP contribution in [0.4, 0.5) is 0 Å². The molecule has 3 nitrogen and oxygen atoms in total. The van der Waals surface area contributed by atoms with Crippen LogP contribution in [0.5, 0.6) is 5.75 Å². The van der Waals surface area contributed by atoms with Crippen LogP contribution >= 0.6 is 0 Å². The Morgan fingerprint density at radius 3 is 2.56 bits per heavy atom. The van der Waals surface area contributed by atoms with Crippen molar-refractivity contribution < 1.29 is 9.47 Å². The second-order valence-electron chi connectivity index (χ2n) is 3.81. The minimum Gasteiger partial charge on any atom is -0.497 e. The number of rotatable bonds is 7. The predicted octanol–water partition coefficient (Wildman–Crippen LogP) is 2.12. The number of methoxy groups -OCH3 is 2. The molecule has 1 aromatic rings. The van der Waals surface area contributed by atoms with Gasteiger partial charge < -0.3 is 15.2 Å². The molecule has 0 fully saturated rings. The van der Waals surface area contributed by atoms with E-state index in [1.807, 2.05) is 12.1 Å². The Bertz CT molecular complexity index is 313. The number of hydrogen-bond acceptors (Lipinski definition) is 3. The molecule has 90 valence electrons. The molecule has 0 aliphatic rings. The first kappa shape index (κ1) is 13.0. The van der Waals surface area contributed by atoms with Crippen LogP contribution in [0, 0.1) is 0 Å². The van der Waals surface area contributed by atoms with Crippen LogP contribution in [-0.2, 0) is 17.8 Å². The predicted molar refractivity (Wildman–Crippen MR) is 65.7 cm³/mol. The number of aryl methyl sites for hydroxylation is 1. The lowest BCUT2D eigenvalue weighted by Crippen LogP contribution is -2.01. The Morgan fingerprint density at radius 1 is 1.12 bits per heavy atom. The summed E-state index contributed by atoms with van der Waals surface area (Å²) in [5.41, 5.74) is 8.03. The summed E-state index contributed by atoms with van der Waals surface area (Å²) < 4.78 is 10.4. The van der Waals surface area contributed by atoms with Crippen molar-refractivity contribution in [2.75, 3.05) is 20.8 Å². The Balaban J connectivity index is 2.72. The van der Waals surface area contributed by atoms with Crippen molar-refractivity contribution in [3.05, 3.63) is 29.3 Å². The van der Waals surface area contributed by atoms with Gasteiger partial charge in [0.2, 0.25) is 0 Å². The van der Waals surface area contributed by atoms with Crippen LogP contribution in [0.3, 0.4) is 0 Å². The molecule has 0 aliphatic heterocycles. The van der Waals surface area contributed by atoms with Gasteiger partial charge in [0, 0.05) is 7.11 Å². The molecule has 0 aliphatic carbocycles. The van der Waals surface area contributed by atoms with Gasteiger partial charge in [-0.25, -0.2) is 0 Å². The average Bonchev–Trinajstić information content (AvgIpc) is 2.31. The first-order chi connectivity index (χ1) is 7.81. The molecule has 16 heavy (non-hydrogen) atoms. The summed E-state index contributed by atoms with van der Waals surface area (Å²) in [6.07, 6.45) is 3.25. The lowest BCUT2D eigenvalue weighted by Gasteiger charge is -2.10. The van der Waals surface area contributed by atoms with Gasteiger partial charge in [0.05, 0.1) is 13.7 Å². The van der Waals surface area contributed by atoms with E-state index in [4.69, 9.17) is 15.2 Å². The van der Waals surface area contributed by atoms with Crippen LogP contribution in [0.15, 0.2) is 18.2 Å². The number of benzene rings is 1. The number of ether oxygens (including phenoxy) is 2. The topological polar surface area (TPSA) is 44.5 Å². The molecule has 0 bridgehead atoms. The van der Waals surface area contributed by atoms with Gasteiger partial charge in [0.25, 0.3) is 0 Å². The summed E-state index contributed by atoms with van der Waals surface area (Å²) >= 11 is 0. The first-order valence-corrected chi connectivity index (χ1v) is 5.66. The van der Waals surface area contributed by atoms with Gasteiger partial charge in [-0.05, 0) is 49.1 Å². The van der Waals surface area contributed by atoms with Crippen molar-refractivity contribution in [2.45, 2.75) is 25.9 Å². The standard InChI is InChI=1S/C13H21NO2/c1-15-10-12-9-13(16-2)7-6-11(12)5-3-4-8-14/h6-7,9H,3-5,8,10,14H2,1-2H3. The third-order valence-corrected chi connectivity index (χ3v) is 2.61. The fraction of sp³-hybridized carbons (Fsp3) is 0.538. The number of hydrogen-bond donors (Lipinski definition) is 1. The lowest BCUT2D eigenvalue weighted by atomic mass is 10.0. The molecule has 0 heterocycles. The van der Waals surface area contributed by atoms with E-state index in [9.17, 15) is 0 Å².